The third kappa shape index (κ3) is 17.9. The minimum Gasteiger partial charge on any atom is -0.106 e. The van der Waals surface area contributed by atoms with Gasteiger partial charge in [0.2, 0.25) is 0 Å². The Balaban J connectivity index is -0.000000118. The number of hydrogen-bond donors (Lipinski definition) is 0. The maximum atomic E-state index is 3.00. The summed E-state index contributed by atoms with van der Waals surface area (Å²) >= 11 is 0. The first-order valence-corrected chi connectivity index (χ1v) is 7.40. The zero-order valence-corrected chi connectivity index (χ0v) is 15.0. The number of rotatable bonds is 2. The molecule has 0 aliphatic heterocycles. The molecule has 0 unspecified atom stereocenters. The van der Waals surface area contributed by atoms with Crippen molar-refractivity contribution in [3.8, 4) is 0 Å². The maximum absolute atomic E-state index is 3.00. The average Bonchev–Trinajstić information content (AvgIpc) is 2.31. The Hall–Kier alpha value is -0.520. The third-order valence-corrected chi connectivity index (χ3v) is 2.70. The second-order valence-electron chi connectivity index (χ2n) is 5.49. The lowest BCUT2D eigenvalue weighted by Gasteiger charge is -2.36. The van der Waals surface area contributed by atoms with Crippen molar-refractivity contribution in [1.82, 2.24) is 0 Å². The highest BCUT2D eigenvalue weighted by Gasteiger charge is 2.29. The number of allylic oxidation sites excluding steroid dienone is 2. The highest BCUT2D eigenvalue weighted by Crippen LogP contribution is 2.38. The summed E-state index contributed by atoms with van der Waals surface area (Å²) in [5.74, 6) is 0. The summed E-state index contributed by atoms with van der Waals surface area (Å²) in [6, 6.07) is 0. The zero-order chi connectivity index (χ0) is 15.8. The van der Waals surface area contributed by atoms with Gasteiger partial charge in [0.05, 0.1) is 0 Å². The van der Waals surface area contributed by atoms with Crippen LogP contribution in [0.15, 0.2) is 25.3 Å². The van der Waals surface area contributed by atoms with E-state index in [0.717, 1.165) is 6.42 Å². The molecule has 112 valence electrons. The smallest absolute Gasteiger partial charge is 0.0126 e. The van der Waals surface area contributed by atoms with E-state index in [9.17, 15) is 0 Å². The normalized spacial score (nSPS) is 10.3. The molecule has 0 radical (unpaired) electrons. The zero-order valence-electron chi connectivity index (χ0n) is 15.0. The molecule has 0 heterocycles. The van der Waals surface area contributed by atoms with Gasteiger partial charge in [-0.15, -0.1) is 13.2 Å². The monoisotopic (exact) mass is 256 g/mol. The quantitative estimate of drug-likeness (QED) is 0.456. The van der Waals surface area contributed by atoms with Gasteiger partial charge in [0, 0.05) is 0 Å². The van der Waals surface area contributed by atoms with Crippen LogP contribution in [0.2, 0.25) is 0 Å². The van der Waals surface area contributed by atoms with E-state index in [2.05, 4.69) is 80.7 Å². The van der Waals surface area contributed by atoms with E-state index in [1.165, 1.54) is 6.42 Å². The van der Waals surface area contributed by atoms with Crippen LogP contribution >= 0.6 is 0 Å². The van der Waals surface area contributed by atoms with Crippen LogP contribution in [0, 0.1) is 10.8 Å². The van der Waals surface area contributed by atoms with E-state index in [4.69, 9.17) is 0 Å². The van der Waals surface area contributed by atoms with E-state index in [-0.39, 0.29) is 0 Å². The first-order valence-electron chi connectivity index (χ1n) is 7.40. The summed E-state index contributed by atoms with van der Waals surface area (Å²) in [6.07, 6.45) is 6.97. The van der Waals surface area contributed by atoms with Gasteiger partial charge in [0.25, 0.3) is 0 Å². The Kier molecular flexibility index (Phi) is 23.9. The SMILES string of the molecule is C=C.CC.CC/C=C\C(C)(C)C(C)(C)C.CCC. The van der Waals surface area contributed by atoms with Crippen molar-refractivity contribution in [3.05, 3.63) is 25.3 Å². The van der Waals surface area contributed by atoms with E-state index < -0.39 is 0 Å². The highest BCUT2D eigenvalue weighted by molar-refractivity contribution is 5.00. The molecular weight excluding hydrogens is 216 g/mol. The fourth-order valence-electron chi connectivity index (χ4n) is 0.662. The average molecular weight is 257 g/mol. The lowest BCUT2D eigenvalue weighted by Crippen LogP contribution is -2.27. The molecule has 0 rings (SSSR count). The molecule has 0 aromatic rings. The molecule has 0 aromatic carbocycles. The molecule has 0 aliphatic carbocycles. The number of hydrogen-bond acceptors (Lipinski definition) is 0. The highest BCUT2D eigenvalue weighted by atomic mass is 14.3. The molecule has 0 nitrogen and oxygen atoms in total. The van der Waals surface area contributed by atoms with Crippen LogP contribution in [0.4, 0.5) is 0 Å². The molecule has 0 aromatic heterocycles. The van der Waals surface area contributed by atoms with Gasteiger partial charge in [-0.1, -0.05) is 87.8 Å². The van der Waals surface area contributed by atoms with Gasteiger partial charge in [0.15, 0.2) is 0 Å². The second kappa shape index (κ2) is 16.5. The van der Waals surface area contributed by atoms with E-state index in [1.807, 2.05) is 13.8 Å². The van der Waals surface area contributed by atoms with E-state index in [0.29, 0.717) is 10.8 Å². The topological polar surface area (TPSA) is 0 Å². The first-order chi connectivity index (χ1) is 8.22. The van der Waals surface area contributed by atoms with Gasteiger partial charge in [-0.3, -0.25) is 0 Å². The summed E-state index contributed by atoms with van der Waals surface area (Å²) in [7, 11) is 0. The van der Waals surface area contributed by atoms with Crippen LogP contribution in [0.5, 0.6) is 0 Å². The summed E-state index contributed by atoms with van der Waals surface area (Å²) in [5, 5.41) is 0. The summed E-state index contributed by atoms with van der Waals surface area (Å²) in [4.78, 5) is 0. The molecule has 0 atom stereocenters. The Bertz CT molecular complexity index is 155. The third-order valence-electron chi connectivity index (χ3n) is 2.70. The van der Waals surface area contributed by atoms with Crippen LogP contribution in [-0.4, -0.2) is 0 Å². The molecular formula is C18H40. The molecule has 0 spiro atoms. The maximum Gasteiger partial charge on any atom is -0.0126 e. The Labute approximate surface area is 119 Å². The first kappa shape index (κ1) is 26.1. The molecule has 0 N–H and O–H groups in total. The molecule has 0 saturated carbocycles. The molecule has 0 heteroatoms. The van der Waals surface area contributed by atoms with Crippen molar-refractivity contribution in [2.45, 2.75) is 82.1 Å². The Morgan fingerprint density at radius 3 is 1.28 bits per heavy atom. The van der Waals surface area contributed by atoms with Gasteiger partial charge in [-0.2, -0.15) is 0 Å². The van der Waals surface area contributed by atoms with Crippen molar-refractivity contribution in [2.24, 2.45) is 10.8 Å². The van der Waals surface area contributed by atoms with E-state index in [1.54, 1.807) is 0 Å². The molecule has 0 bridgehead atoms. The predicted octanol–water partition coefficient (Wildman–Crippen LogP) is 7.27. The standard InChI is InChI=1S/C11H22.C3H8.C2H6.C2H4/c1-7-8-9-11(5,6)10(2,3)4;1-3-2;2*1-2/h8-9H,7H2,1-6H3;3H2,1-2H3;1-2H3;1-2H2/b9-8-;;;. The Morgan fingerprint density at radius 2 is 1.11 bits per heavy atom. The lowest BCUT2D eigenvalue weighted by atomic mass is 9.69. The summed E-state index contributed by atoms with van der Waals surface area (Å²) < 4.78 is 0. The molecule has 0 fully saturated rings. The Morgan fingerprint density at radius 1 is 0.833 bits per heavy atom. The molecule has 18 heavy (non-hydrogen) atoms. The predicted molar refractivity (Wildman–Crippen MR) is 91.2 cm³/mol. The van der Waals surface area contributed by atoms with Gasteiger partial charge in [0.1, 0.15) is 0 Å². The van der Waals surface area contributed by atoms with Crippen molar-refractivity contribution in [2.75, 3.05) is 0 Å². The van der Waals surface area contributed by atoms with Crippen molar-refractivity contribution in [3.63, 3.8) is 0 Å². The lowest BCUT2D eigenvalue weighted by molar-refractivity contribution is 0.192. The summed E-state index contributed by atoms with van der Waals surface area (Å²) in [5.41, 5.74) is 0.668. The molecule has 0 saturated heterocycles. The van der Waals surface area contributed by atoms with Crippen molar-refractivity contribution >= 4 is 0 Å². The van der Waals surface area contributed by atoms with Crippen LogP contribution in [-0.2, 0) is 0 Å². The molecule has 0 amide bonds. The van der Waals surface area contributed by atoms with Crippen LogP contribution in [0.25, 0.3) is 0 Å². The van der Waals surface area contributed by atoms with Gasteiger partial charge >= 0.3 is 0 Å². The van der Waals surface area contributed by atoms with Crippen molar-refractivity contribution < 1.29 is 0 Å². The minimum absolute atomic E-state index is 0.309. The fourth-order valence-corrected chi connectivity index (χ4v) is 0.662. The van der Waals surface area contributed by atoms with Crippen LogP contribution in [0.3, 0.4) is 0 Å². The molecule has 0 aliphatic rings. The largest absolute Gasteiger partial charge is 0.106 e. The summed E-state index contributed by atoms with van der Waals surface area (Å²) in [6.45, 7) is 27.9. The van der Waals surface area contributed by atoms with Crippen LogP contribution < -0.4 is 0 Å². The van der Waals surface area contributed by atoms with Crippen molar-refractivity contribution in [1.29, 1.82) is 0 Å². The van der Waals surface area contributed by atoms with Gasteiger partial charge in [-0.25, -0.2) is 0 Å². The van der Waals surface area contributed by atoms with Gasteiger partial charge < -0.3 is 0 Å². The van der Waals surface area contributed by atoms with Crippen LogP contribution in [0.1, 0.15) is 82.1 Å². The second-order valence-corrected chi connectivity index (χ2v) is 5.49. The fraction of sp³-hybridized carbons (Fsp3) is 0.778. The van der Waals surface area contributed by atoms with Gasteiger partial charge in [-0.05, 0) is 17.3 Å². The minimum atomic E-state index is 0.309. The van der Waals surface area contributed by atoms with E-state index >= 15 is 0 Å².